The van der Waals surface area contributed by atoms with Gasteiger partial charge in [-0.05, 0) is 49.9 Å². The van der Waals surface area contributed by atoms with E-state index in [4.69, 9.17) is 9.47 Å². The third-order valence-electron chi connectivity index (χ3n) is 9.42. The van der Waals surface area contributed by atoms with Crippen LogP contribution in [0.3, 0.4) is 0 Å². The van der Waals surface area contributed by atoms with E-state index < -0.39 is 0 Å². The van der Waals surface area contributed by atoms with Crippen molar-refractivity contribution in [2.45, 2.75) is 182 Å². The normalized spacial score (nSPS) is 11.5. The second-order valence-corrected chi connectivity index (χ2v) is 14.0. The first-order chi connectivity index (χ1) is 23.5. The van der Waals surface area contributed by atoms with Gasteiger partial charge in [-0.2, -0.15) is 0 Å². The topological polar surface area (TPSA) is 59.1 Å². The molecule has 0 saturated heterocycles. The monoisotopic (exact) mass is 673 g/mol. The highest BCUT2D eigenvalue weighted by atomic mass is 16.5. The predicted molar refractivity (Wildman–Crippen MR) is 204 cm³/mol. The molecule has 6 heteroatoms. The van der Waals surface area contributed by atoms with E-state index in [2.05, 4.69) is 37.5 Å². The van der Waals surface area contributed by atoms with Gasteiger partial charge in [0.15, 0.2) is 0 Å². The number of carbonyl (C=O) groups excluding carboxylic acids is 2. The molecule has 0 heterocycles. The van der Waals surface area contributed by atoms with Gasteiger partial charge >= 0.3 is 11.9 Å². The van der Waals surface area contributed by atoms with Gasteiger partial charge in [0.25, 0.3) is 0 Å². The molecule has 0 amide bonds. The number of benzene rings is 1. The first kappa shape index (κ1) is 44.1. The zero-order valence-corrected chi connectivity index (χ0v) is 32.1. The molecule has 1 aromatic rings. The van der Waals surface area contributed by atoms with E-state index in [0.29, 0.717) is 24.6 Å². The van der Waals surface area contributed by atoms with Crippen LogP contribution in [0.4, 0.5) is 0 Å². The van der Waals surface area contributed by atoms with Crippen LogP contribution in [0.5, 0.6) is 0 Å². The van der Waals surface area contributed by atoms with Crippen LogP contribution in [-0.4, -0.2) is 61.4 Å². The minimum absolute atomic E-state index is 0.319. The van der Waals surface area contributed by atoms with Crippen molar-refractivity contribution in [2.75, 3.05) is 39.6 Å². The maximum atomic E-state index is 12.9. The summed E-state index contributed by atoms with van der Waals surface area (Å²) in [6.45, 7) is 13.5. The fourth-order valence-corrected chi connectivity index (χ4v) is 6.15. The van der Waals surface area contributed by atoms with Crippen molar-refractivity contribution in [2.24, 2.45) is 0 Å². The SMILES string of the molecule is CCCCCCCCN(CCCCCCCC)COC(=O)c1ccc(C(=O)OCN(CCCCCCCC)CCCCCCCC)cc1. The molecular weight excluding hydrogens is 596 g/mol. The molecule has 0 fully saturated rings. The van der Waals surface area contributed by atoms with E-state index in [1.54, 1.807) is 24.3 Å². The third kappa shape index (κ3) is 24.3. The second-order valence-electron chi connectivity index (χ2n) is 14.0. The van der Waals surface area contributed by atoms with Crippen LogP contribution in [0.2, 0.25) is 0 Å². The Morgan fingerprint density at radius 2 is 0.625 bits per heavy atom. The van der Waals surface area contributed by atoms with Gasteiger partial charge in [-0.25, -0.2) is 9.59 Å². The molecule has 0 aliphatic heterocycles. The second kappa shape index (κ2) is 32.3. The maximum absolute atomic E-state index is 12.9. The van der Waals surface area contributed by atoms with Crippen molar-refractivity contribution in [3.8, 4) is 0 Å². The van der Waals surface area contributed by atoms with Crippen molar-refractivity contribution in [3.63, 3.8) is 0 Å². The minimum atomic E-state index is -0.338. The average molecular weight is 673 g/mol. The van der Waals surface area contributed by atoms with Crippen LogP contribution in [0.15, 0.2) is 24.3 Å². The summed E-state index contributed by atoms with van der Waals surface area (Å²) in [7, 11) is 0. The lowest BCUT2D eigenvalue weighted by Crippen LogP contribution is -2.30. The standard InChI is InChI=1S/C42H76N2O4/c1-5-9-13-17-21-25-33-43(34-26-22-18-14-10-6-2)37-47-41(45)39-29-31-40(32-30-39)42(46)48-38-44(35-27-23-19-15-11-7-3)36-28-24-20-16-12-8-4/h29-32H,5-28,33-38H2,1-4H3. The van der Waals surface area contributed by atoms with Crippen LogP contribution in [0, 0.1) is 0 Å². The van der Waals surface area contributed by atoms with Crippen molar-refractivity contribution in [1.82, 2.24) is 9.80 Å². The van der Waals surface area contributed by atoms with E-state index in [1.165, 1.54) is 128 Å². The molecule has 0 aliphatic rings. The summed E-state index contributed by atoms with van der Waals surface area (Å²) in [4.78, 5) is 30.5. The Hall–Kier alpha value is -1.92. The lowest BCUT2D eigenvalue weighted by atomic mass is 10.1. The molecule has 0 N–H and O–H groups in total. The Kier molecular flexibility index (Phi) is 29.7. The van der Waals surface area contributed by atoms with E-state index in [0.717, 1.165) is 51.9 Å². The highest BCUT2D eigenvalue weighted by Gasteiger charge is 2.15. The van der Waals surface area contributed by atoms with Crippen LogP contribution in [-0.2, 0) is 9.47 Å². The van der Waals surface area contributed by atoms with Crippen molar-refractivity contribution in [3.05, 3.63) is 35.4 Å². The van der Waals surface area contributed by atoms with Crippen LogP contribution in [0.25, 0.3) is 0 Å². The fraction of sp³-hybridized carbons (Fsp3) is 0.810. The van der Waals surface area contributed by atoms with E-state index in [1.807, 2.05) is 0 Å². The van der Waals surface area contributed by atoms with Gasteiger partial charge in [-0.1, -0.05) is 156 Å². The lowest BCUT2D eigenvalue weighted by molar-refractivity contribution is 0.0195. The summed E-state index contributed by atoms with van der Waals surface area (Å²) < 4.78 is 11.5. The largest absolute Gasteiger partial charge is 0.446 e. The molecular formula is C42H76N2O4. The Labute approximate surface area is 297 Å². The molecule has 48 heavy (non-hydrogen) atoms. The van der Waals surface area contributed by atoms with E-state index >= 15 is 0 Å². The average Bonchev–Trinajstić information content (AvgIpc) is 3.10. The van der Waals surface area contributed by atoms with Crippen LogP contribution in [0.1, 0.15) is 203 Å². The molecule has 0 aromatic heterocycles. The number of ether oxygens (including phenoxy) is 2. The number of hydrogen-bond acceptors (Lipinski definition) is 6. The summed E-state index contributed by atoms with van der Waals surface area (Å²) >= 11 is 0. The van der Waals surface area contributed by atoms with Crippen molar-refractivity contribution < 1.29 is 19.1 Å². The minimum Gasteiger partial charge on any atom is -0.446 e. The maximum Gasteiger partial charge on any atom is 0.339 e. The van der Waals surface area contributed by atoms with E-state index in [-0.39, 0.29) is 11.9 Å². The summed E-state index contributed by atoms with van der Waals surface area (Å²) in [6, 6.07) is 6.76. The Balaban J connectivity index is 2.58. The molecule has 0 unspecified atom stereocenters. The summed E-state index contributed by atoms with van der Waals surface area (Å²) in [5.41, 5.74) is 0.941. The summed E-state index contributed by atoms with van der Waals surface area (Å²) in [6.07, 6.45) is 30.2. The molecule has 0 radical (unpaired) electrons. The Morgan fingerprint density at radius 3 is 0.875 bits per heavy atom. The number of rotatable bonds is 34. The van der Waals surface area contributed by atoms with Gasteiger partial charge in [-0.3, -0.25) is 9.80 Å². The number of carbonyl (C=O) groups is 2. The van der Waals surface area contributed by atoms with Gasteiger partial charge in [0.2, 0.25) is 0 Å². The zero-order chi connectivity index (χ0) is 34.9. The molecule has 0 saturated carbocycles. The summed E-state index contributed by atoms with van der Waals surface area (Å²) in [5, 5.41) is 0. The molecule has 6 nitrogen and oxygen atoms in total. The highest BCUT2D eigenvalue weighted by molar-refractivity contribution is 5.93. The molecule has 0 bridgehead atoms. The van der Waals surface area contributed by atoms with Gasteiger partial charge in [-0.15, -0.1) is 0 Å². The molecule has 278 valence electrons. The first-order valence-corrected chi connectivity index (χ1v) is 20.4. The number of esters is 2. The van der Waals surface area contributed by atoms with Crippen molar-refractivity contribution in [1.29, 1.82) is 0 Å². The predicted octanol–water partition coefficient (Wildman–Crippen LogP) is 12.0. The van der Waals surface area contributed by atoms with E-state index in [9.17, 15) is 9.59 Å². The van der Waals surface area contributed by atoms with Crippen LogP contribution >= 0.6 is 0 Å². The van der Waals surface area contributed by atoms with Gasteiger partial charge in [0, 0.05) is 26.2 Å². The van der Waals surface area contributed by atoms with Crippen molar-refractivity contribution >= 4 is 11.9 Å². The Bertz CT molecular complexity index is 772. The first-order valence-electron chi connectivity index (χ1n) is 20.4. The van der Waals surface area contributed by atoms with Gasteiger partial charge in [0.1, 0.15) is 13.5 Å². The molecule has 1 aromatic carbocycles. The lowest BCUT2D eigenvalue weighted by Gasteiger charge is -2.22. The smallest absolute Gasteiger partial charge is 0.339 e. The van der Waals surface area contributed by atoms with Gasteiger partial charge in [0.05, 0.1) is 11.1 Å². The fourth-order valence-electron chi connectivity index (χ4n) is 6.15. The number of unbranched alkanes of at least 4 members (excludes halogenated alkanes) is 20. The third-order valence-corrected chi connectivity index (χ3v) is 9.42. The molecule has 1 rings (SSSR count). The zero-order valence-electron chi connectivity index (χ0n) is 32.1. The highest BCUT2D eigenvalue weighted by Crippen LogP contribution is 2.13. The molecule has 0 spiro atoms. The quantitative estimate of drug-likeness (QED) is 0.0412. The number of nitrogens with zero attached hydrogens (tertiary/aromatic N) is 2. The van der Waals surface area contributed by atoms with Gasteiger partial charge < -0.3 is 9.47 Å². The Morgan fingerprint density at radius 1 is 0.396 bits per heavy atom. The molecule has 0 atom stereocenters. The molecule has 0 aliphatic carbocycles. The number of hydrogen-bond donors (Lipinski definition) is 0. The summed E-state index contributed by atoms with van der Waals surface area (Å²) in [5.74, 6) is -0.676. The van der Waals surface area contributed by atoms with Crippen LogP contribution < -0.4 is 0 Å².